The topological polar surface area (TPSA) is 78.4 Å². The zero-order chi connectivity index (χ0) is 22.9. The first-order valence-electron chi connectivity index (χ1n) is 11.2. The minimum Gasteiger partial charge on any atom is -0.497 e. The van der Waals surface area contributed by atoms with Gasteiger partial charge in [0, 0.05) is 38.3 Å². The predicted octanol–water partition coefficient (Wildman–Crippen LogP) is 2.88. The Bertz CT molecular complexity index is 880. The van der Waals surface area contributed by atoms with E-state index in [2.05, 4.69) is 32.7 Å². The van der Waals surface area contributed by atoms with Crippen molar-refractivity contribution in [2.45, 2.75) is 39.0 Å². The molecule has 1 aliphatic rings. The third-order valence-corrected chi connectivity index (χ3v) is 5.62. The van der Waals surface area contributed by atoms with Gasteiger partial charge in [-0.1, -0.05) is 29.8 Å². The van der Waals surface area contributed by atoms with Crippen LogP contribution in [0.4, 0.5) is 0 Å². The lowest BCUT2D eigenvalue weighted by atomic mass is 10.1. The number of nitrogens with zero attached hydrogens (tertiary/aromatic N) is 2. The van der Waals surface area contributed by atoms with E-state index in [1.807, 2.05) is 44.2 Å². The van der Waals surface area contributed by atoms with E-state index in [1.165, 1.54) is 5.56 Å². The molecule has 1 aliphatic heterocycles. The molecule has 2 aromatic carbocycles. The Hall–Kier alpha value is -2.77. The molecular weight excluding hydrogens is 404 g/mol. The Labute approximate surface area is 191 Å². The highest BCUT2D eigenvalue weighted by Gasteiger charge is 2.23. The molecule has 2 atom stereocenters. The third kappa shape index (κ3) is 6.87. The van der Waals surface area contributed by atoms with Crippen molar-refractivity contribution in [1.29, 1.82) is 0 Å². The molecule has 2 unspecified atom stereocenters. The normalized spacial score (nSPS) is 17.8. The number of rotatable bonds is 9. The van der Waals surface area contributed by atoms with Gasteiger partial charge in [0.1, 0.15) is 11.5 Å². The zero-order valence-corrected chi connectivity index (χ0v) is 19.6. The van der Waals surface area contributed by atoms with Crippen LogP contribution in [0.5, 0.6) is 11.5 Å². The van der Waals surface area contributed by atoms with Crippen molar-refractivity contribution in [1.82, 2.24) is 15.5 Å². The van der Waals surface area contributed by atoms with Gasteiger partial charge in [-0.25, -0.2) is 0 Å². The lowest BCUT2D eigenvalue weighted by molar-refractivity contribution is 0.187. The van der Waals surface area contributed by atoms with Crippen LogP contribution in [0, 0.1) is 6.92 Å². The van der Waals surface area contributed by atoms with Gasteiger partial charge in [0.2, 0.25) is 0 Å². The molecule has 1 saturated heterocycles. The number of aliphatic hydroxyl groups excluding tert-OH is 1. The molecule has 7 nitrogen and oxygen atoms in total. The molecule has 0 aromatic heterocycles. The van der Waals surface area contributed by atoms with Crippen molar-refractivity contribution in [2.75, 3.05) is 40.4 Å². The second kappa shape index (κ2) is 11.7. The summed E-state index contributed by atoms with van der Waals surface area (Å²) in [7, 11) is 3.34. The number of aliphatic hydroxyl groups is 1. The van der Waals surface area contributed by atoms with Gasteiger partial charge in [0.05, 0.1) is 26.9 Å². The van der Waals surface area contributed by atoms with E-state index in [-0.39, 0.29) is 0 Å². The van der Waals surface area contributed by atoms with Gasteiger partial charge < -0.3 is 25.2 Å². The summed E-state index contributed by atoms with van der Waals surface area (Å²) in [6, 6.07) is 14.2. The lowest BCUT2D eigenvalue weighted by Crippen LogP contribution is -2.44. The van der Waals surface area contributed by atoms with E-state index in [4.69, 9.17) is 9.47 Å². The van der Waals surface area contributed by atoms with Gasteiger partial charge in [-0.15, -0.1) is 0 Å². The molecule has 0 aliphatic carbocycles. The van der Waals surface area contributed by atoms with E-state index >= 15 is 0 Å². The number of ether oxygens (including phenoxy) is 2. The van der Waals surface area contributed by atoms with Crippen LogP contribution in [0.2, 0.25) is 0 Å². The Balaban J connectivity index is 1.56. The fraction of sp³-hybridized carbons (Fsp3) is 0.480. The average Bonchev–Trinajstić information content (AvgIpc) is 3.23. The fourth-order valence-electron chi connectivity index (χ4n) is 3.98. The van der Waals surface area contributed by atoms with Crippen molar-refractivity contribution in [3.05, 3.63) is 59.2 Å². The van der Waals surface area contributed by atoms with Crippen LogP contribution in [0.1, 0.15) is 36.1 Å². The van der Waals surface area contributed by atoms with Crippen molar-refractivity contribution in [3.63, 3.8) is 0 Å². The Kier molecular flexibility index (Phi) is 8.76. The highest BCUT2D eigenvalue weighted by atomic mass is 16.5. The molecule has 174 valence electrons. The maximum atomic E-state index is 10.5. The first-order valence-corrected chi connectivity index (χ1v) is 11.2. The van der Waals surface area contributed by atoms with Crippen LogP contribution in [0.15, 0.2) is 47.5 Å². The van der Waals surface area contributed by atoms with Crippen molar-refractivity contribution in [2.24, 2.45) is 4.99 Å². The van der Waals surface area contributed by atoms with Crippen LogP contribution in [-0.4, -0.2) is 62.4 Å². The largest absolute Gasteiger partial charge is 0.497 e. The molecule has 0 radical (unpaired) electrons. The van der Waals surface area contributed by atoms with Gasteiger partial charge >= 0.3 is 0 Å². The molecule has 0 saturated carbocycles. The Morgan fingerprint density at radius 3 is 2.59 bits per heavy atom. The predicted molar refractivity (Wildman–Crippen MR) is 128 cm³/mol. The molecule has 1 heterocycles. The number of methoxy groups -OCH3 is 2. The van der Waals surface area contributed by atoms with Crippen molar-refractivity contribution >= 4 is 5.96 Å². The summed E-state index contributed by atoms with van der Waals surface area (Å²) < 4.78 is 10.8. The summed E-state index contributed by atoms with van der Waals surface area (Å²) in [6.45, 7) is 7.92. The minimum atomic E-state index is -0.617. The molecule has 3 N–H and O–H groups in total. The highest BCUT2D eigenvalue weighted by molar-refractivity contribution is 5.80. The van der Waals surface area contributed by atoms with Crippen LogP contribution in [0.3, 0.4) is 0 Å². The SMILES string of the molecule is CCNC(=NCC(O)c1cccc(C)c1)NC1CCN(Cc2cc(OC)cc(OC)c2)C1. The number of guanidine groups is 1. The van der Waals surface area contributed by atoms with Gasteiger partial charge in [0.25, 0.3) is 0 Å². The quantitative estimate of drug-likeness (QED) is 0.411. The first kappa shape index (κ1) is 23.9. The summed E-state index contributed by atoms with van der Waals surface area (Å²) >= 11 is 0. The first-order chi connectivity index (χ1) is 15.5. The number of hydrogen-bond acceptors (Lipinski definition) is 5. The molecule has 7 heteroatoms. The smallest absolute Gasteiger partial charge is 0.191 e. The van der Waals surface area contributed by atoms with Gasteiger partial charge in [-0.05, 0) is 43.5 Å². The summed E-state index contributed by atoms with van der Waals surface area (Å²) in [5.74, 6) is 2.36. The lowest BCUT2D eigenvalue weighted by Gasteiger charge is -2.20. The van der Waals surface area contributed by atoms with Crippen LogP contribution < -0.4 is 20.1 Å². The second-order valence-corrected chi connectivity index (χ2v) is 8.24. The molecule has 32 heavy (non-hydrogen) atoms. The summed E-state index contributed by atoms with van der Waals surface area (Å²) in [4.78, 5) is 7.04. The van der Waals surface area contributed by atoms with Gasteiger partial charge in [-0.3, -0.25) is 9.89 Å². The molecule has 0 amide bonds. The third-order valence-electron chi connectivity index (χ3n) is 5.62. The average molecular weight is 441 g/mol. The molecule has 3 rings (SSSR count). The van der Waals surface area contributed by atoms with Gasteiger partial charge in [0.15, 0.2) is 5.96 Å². The maximum absolute atomic E-state index is 10.5. The van der Waals surface area contributed by atoms with E-state index in [0.29, 0.717) is 12.6 Å². The Morgan fingerprint density at radius 1 is 1.19 bits per heavy atom. The molecule has 1 fully saturated rings. The standard InChI is InChI=1S/C25H36N4O3/c1-5-26-25(27-15-24(30)20-8-6-7-18(2)11-20)28-21-9-10-29(17-21)16-19-12-22(31-3)14-23(13-19)32-4/h6-8,11-14,21,24,30H,5,9-10,15-17H2,1-4H3,(H2,26,27,28). The fourth-order valence-corrected chi connectivity index (χ4v) is 3.98. The maximum Gasteiger partial charge on any atom is 0.191 e. The van der Waals surface area contributed by atoms with E-state index < -0.39 is 6.10 Å². The number of likely N-dealkylation sites (tertiary alicyclic amines) is 1. The zero-order valence-electron chi connectivity index (χ0n) is 19.6. The van der Waals surface area contributed by atoms with Crippen molar-refractivity contribution < 1.29 is 14.6 Å². The van der Waals surface area contributed by atoms with E-state index in [9.17, 15) is 5.11 Å². The minimum absolute atomic E-state index is 0.302. The monoisotopic (exact) mass is 440 g/mol. The molecule has 0 bridgehead atoms. The second-order valence-electron chi connectivity index (χ2n) is 8.24. The molecular formula is C25H36N4O3. The highest BCUT2D eigenvalue weighted by Crippen LogP contribution is 2.24. The number of hydrogen-bond donors (Lipinski definition) is 3. The number of nitrogens with one attached hydrogen (secondary N) is 2. The van der Waals surface area contributed by atoms with Gasteiger partial charge in [-0.2, -0.15) is 0 Å². The summed E-state index contributed by atoms with van der Waals surface area (Å²) in [5.41, 5.74) is 3.20. The number of aryl methyl sites for hydroxylation is 1. The van der Waals surface area contributed by atoms with Crippen LogP contribution in [0.25, 0.3) is 0 Å². The van der Waals surface area contributed by atoms with E-state index in [0.717, 1.165) is 61.2 Å². The van der Waals surface area contributed by atoms with Crippen molar-refractivity contribution in [3.8, 4) is 11.5 Å². The van der Waals surface area contributed by atoms with E-state index in [1.54, 1.807) is 14.2 Å². The van der Waals surface area contributed by atoms with Crippen LogP contribution in [-0.2, 0) is 6.54 Å². The number of benzene rings is 2. The summed E-state index contributed by atoms with van der Waals surface area (Å²) in [5, 5.41) is 17.4. The number of aliphatic imine (C=N–C) groups is 1. The van der Waals surface area contributed by atoms with Crippen LogP contribution >= 0.6 is 0 Å². The summed E-state index contributed by atoms with van der Waals surface area (Å²) in [6.07, 6.45) is 0.417. The Morgan fingerprint density at radius 2 is 1.94 bits per heavy atom. The molecule has 2 aromatic rings. The molecule has 0 spiro atoms.